The number of nitrogens with zero attached hydrogens (tertiary/aromatic N) is 2. The molecule has 1 aromatic carbocycles. The molecule has 0 bridgehead atoms. The van der Waals surface area contributed by atoms with Crippen molar-refractivity contribution < 1.29 is 14.3 Å². The Morgan fingerprint density at radius 3 is 2.76 bits per heavy atom. The summed E-state index contributed by atoms with van der Waals surface area (Å²) in [6.07, 6.45) is 3.79. The van der Waals surface area contributed by atoms with Gasteiger partial charge in [-0.25, -0.2) is 0 Å². The zero-order valence-electron chi connectivity index (χ0n) is 14.7. The topological polar surface area (TPSA) is 56.9 Å². The molecule has 2 heterocycles. The molecule has 0 radical (unpaired) electrons. The molecular weight excluding hydrogens is 316 g/mol. The van der Waals surface area contributed by atoms with Crippen LogP contribution in [0.5, 0.6) is 0 Å². The van der Waals surface area contributed by atoms with Crippen molar-refractivity contribution in [1.82, 2.24) is 4.90 Å². The molecule has 2 unspecified atom stereocenters. The largest absolute Gasteiger partial charge is 0.467 e. The number of anilines is 1. The van der Waals surface area contributed by atoms with E-state index in [4.69, 9.17) is 4.42 Å². The molecule has 25 heavy (non-hydrogen) atoms. The van der Waals surface area contributed by atoms with E-state index in [2.05, 4.69) is 11.8 Å². The van der Waals surface area contributed by atoms with Gasteiger partial charge in [0.25, 0.3) is 0 Å². The minimum atomic E-state index is 0.0233. The first-order valence-corrected chi connectivity index (χ1v) is 8.91. The monoisotopic (exact) mass is 342 g/mol. The molecule has 1 aliphatic rings. The Hall–Kier alpha value is -2.11. The number of likely N-dealkylation sites (tertiary alicyclic amines) is 1. The van der Waals surface area contributed by atoms with Crippen LogP contribution in [0.2, 0.25) is 0 Å². The zero-order valence-corrected chi connectivity index (χ0v) is 14.7. The smallest absolute Gasteiger partial charge is 0.241 e. The highest BCUT2D eigenvalue weighted by molar-refractivity contribution is 5.94. The molecule has 5 nitrogen and oxygen atoms in total. The van der Waals surface area contributed by atoms with Gasteiger partial charge in [0.15, 0.2) is 0 Å². The van der Waals surface area contributed by atoms with E-state index in [0.717, 1.165) is 30.8 Å². The fourth-order valence-corrected chi connectivity index (χ4v) is 3.58. The van der Waals surface area contributed by atoms with Crippen molar-refractivity contribution in [3.05, 3.63) is 54.5 Å². The minimum Gasteiger partial charge on any atom is -0.467 e. The second kappa shape index (κ2) is 8.32. The standard InChI is InChI=1S/C20H26N2O3/c1-16-7-5-11-21(19(16)15-23)14-20(24)22(13-18-10-6-12-25-18)17-8-3-2-4-9-17/h2-4,6,8-10,12,16,19,23H,5,7,11,13-15H2,1H3. The average Bonchev–Trinajstić information content (AvgIpc) is 3.14. The van der Waals surface area contributed by atoms with Gasteiger partial charge in [-0.2, -0.15) is 0 Å². The number of amides is 1. The van der Waals surface area contributed by atoms with E-state index >= 15 is 0 Å². The molecule has 1 fully saturated rings. The number of para-hydroxylation sites is 1. The number of furan rings is 1. The van der Waals surface area contributed by atoms with Gasteiger partial charge < -0.3 is 14.4 Å². The van der Waals surface area contributed by atoms with Gasteiger partial charge in [0.1, 0.15) is 5.76 Å². The maximum Gasteiger partial charge on any atom is 0.241 e. The molecular formula is C20H26N2O3. The van der Waals surface area contributed by atoms with Gasteiger partial charge >= 0.3 is 0 Å². The summed E-state index contributed by atoms with van der Waals surface area (Å²) in [6.45, 7) is 3.81. The Balaban J connectivity index is 1.76. The lowest BCUT2D eigenvalue weighted by Gasteiger charge is -2.39. The lowest BCUT2D eigenvalue weighted by molar-refractivity contribution is -0.121. The van der Waals surface area contributed by atoms with E-state index in [1.54, 1.807) is 11.2 Å². The predicted octanol–water partition coefficient (Wildman–Crippen LogP) is 2.91. The van der Waals surface area contributed by atoms with Gasteiger partial charge in [-0.1, -0.05) is 25.1 Å². The molecule has 1 aliphatic heterocycles. The van der Waals surface area contributed by atoms with Gasteiger partial charge in [-0.05, 0) is 49.6 Å². The number of hydrogen-bond acceptors (Lipinski definition) is 4. The highest BCUT2D eigenvalue weighted by atomic mass is 16.3. The number of carbonyl (C=O) groups is 1. The second-order valence-corrected chi connectivity index (χ2v) is 6.73. The quantitative estimate of drug-likeness (QED) is 0.877. The van der Waals surface area contributed by atoms with E-state index in [1.165, 1.54) is 0 Å². The first-order valence-electron chi connectivity index (χ1n) is 8.91. The SMILES string of the molecule is CC1CCCN(CC(=O)N(Cc2ccco2)c2ccccc2)C1CO. The molecule has 2 atom stereocenters. The number of benzene rings is 1. The van der Waals surface area contributed by atoms with Crippen molar-refractivity contribution in [3.8, 4) is 0 Å². The predicted molar refractivity (Wildman–Crippen MR) is 97.2 cm³/mol. The fourth-order valence-electron chi connectivity index (χ4n) is 3.58. The summed E-state index contributed by atoms with van der Waals surface area (Å²) in [5, 5.41) is 9.73. The van der Waals surface area contributed by atoms with Gasteiger partial charge in [-0.3, -0.25) is 9.69 Å². The number of piperidine rings is 1. The maximum absolute atomic E-state index is 13.1. The van der Waals surface area contributed by atoms with Gasteiger partial charge in [0, 0.05) is 11.7 Å². The molecule has 3 rings (SSSR count). The van der Waals surface area contributed by atoms with E-state index in [0.29, 0.717) is 19.0 Å². The van der Waals surface area contributed by atoms with E-state index < -0.39 is 0 Å². The van der Waals surface area contributed by atoms with E-state index in [-0.39, 0.29) is 18.6 Å². The third kappa shape index (κ3) is 4.30. The molecule has 1 aromatic heterocycles. The molecule has 1 amide bonds. The molecule has 0 spiro atoms. The van der Waals surface area contributed by atoms with E-state index in [9.17, 15) is 9.90 Å². The van der Waals surface area contributed by atoms with E-state index in [1.807, 2.05) is 42.5 Å². The summed E-state index contributed by atoms with van der Waals surface area (Å²) in [4.78, 5) is 16.9. The molecule has 1 N–H and O–H groups in total. The Morgan fingerprint density at radius 2 is 2.08 bits per heavy atom. The van der Waals surface area contributed by atoms with Crippen LogP contribution in [0.15, 0.2) is 53.1 Å². The second-order valence-electron chi connectivity index (χ2n) is 6.73. The summed E-state index contributed by atoms with van der Waals surface area (Å²) >= 11 is 0. The maximum atomic E-state index is 13.1. The highest BCUT2D eigenvalue weighted by Gasteiger charge is 2.30. The first kappa shape index (κ1) is 17.7. The fraction of sp³-hybridized carbons (Fsp3) is 0.450. The summed E-state index contributed by atoms with van der Waals surface area (Å²) in [5.74, 6) is 1.18. The molecule has 0 aliphatic carbocycles. The molecule has 1 saturated heterocycles. The summed E-state index contributed by atoms with van der Waals surface area (Å²) in [5.41, 5.74) is 0.856. The van der Waals surface area contributed by atoms with Crippen LogP contribution in [0.25, 0.3) is 0 Å². The Morgan fingerprint density at radius 1 is 1.28 bits per heavy atom. The van der Waals surface area contributed by atoms with Gasteiger partial charge in [0.05, 0.1) is 26.0 Å². The summed E-state index contributed by atoms with van der Waals surface area (Å²) in [7, 11) is 0. The van der Waals surface area contributed by atoms with Crippen molar-refractivity contribution in [2.75, 3.05) is 24.6 Å². The Kier molecular flexibility index (Phi) is 5.89. The van der Waals surface area contributed by atoms with Crippen molar-refractivity contribution in [1.29, 1.82) is 0 Å². The van der Waals surface area contributed by atoms with Crippen molar-refractivity contribution in [3.63, 3.8) is 0 Å². The number of aliphatic hydroxyl groups excluding tert-OH is 1. The average molecular weight is 342 g/mol. The lowest BCUT2D eigenvalue weighted by atomic mass is 9.91. The third-order valence-corrected chi connectivity index (χ3v) is 5.02. The van der Waals surface area contributed by atoms with Gasteiger partial charge in [-0.15, -0.1) is 0 Å². The number of rotatable bonds is 6. The van der Waals surface area contributed by atoms with Crippen LogP contribution in [0, 0.1) is 5.92 Å². The summed E-state index contributed by atoms with van der Waals surface area (Å²) < 4.78 is 5.44. The normalized spacial score (nSPS) is 21.2. The number of carbonyl (C=O) groups excluding carboxylic acids is 1. The van der Waals surface area contributed by atoms with Crippen LogP contribution < -0.4 is 4.90 Å². The highest BCUT2D eigenvalue weighted by Crippen LogP contribution is 2.24. The van der Waals surface area contributed by atoms with Crippen LogP contribution >= 0.6 is 0 Å². The number of aliphatic hydroxyl groups is 1. The van der Waals surface area contributed by atoms with Crippen molar-refractivity contribution in [2.24, 2.45) is 5.92 Å². The van der Waals surface area contributed by atoms with Crippen LogP contribution in [0.1, 0.15) is 25.5 Å². The van der Waals surface area contributed by atoms with Crippen molar-refractivity contribution in [2.45, 2.75) is 32.4 Å². The molecule has 2 aromatic rings. The molecule has 5 heteroatoms. The third-order valence-electron chi connectivity index (χ3n) is 5.02. The zero-order chi connectivity index (χ0) is 17.6. The van der Waals surface area contributed by atoms with Crippen LogP contribution in [-0.2, 0) is 11.3 Å². The van der Waals surface area contributed by atoms with Crippen LogP contribution in [0.4, 0.5) is 5.69 Å². The van der Waals surface area contributed by atoms with Crippen LogP contribution in [-0.4, -0.2) is 41.7 Å². The molecule has 0 saturated carbocycles. The minimum absolute atomic E-state index is 0.0233. The Bertz CT molecular complexity index is 657. The summed E-state index contributed by atoms with van der Waals surface area (Å²) in [6, 6.07) is 13.4. The Labute approximate surface area is 148 Å². The van der Waals surface area contributed by atoms with Crippen LogP contribution in [0.3, 0.4) is 0 Å². The first-order chi connectivity index (χ1) is 12.2. The molecule has 134 valence electrons. The number of hydrogen-bond donors (Lipinski definition) is 1. The lowest BCUT2D eigenvalue weighted by Crippen LogP contribution is -2.51. The van der Waals surface area contributed by atoms with Gasteiger partial charge in [0.2, 0.25) is 5.91 Å². The van der Waals surface area contributed by atoms with Crippen molar-refractivity contribution >= 4 is 11.6 Å².